The summed E-state index contributed by atoms with van der Waals surface area (Å²) in [5.41, 5.74) is 4.09. The van der Waals surface area contributed by atoms with Crippen LogP contribution in [0.4, 0.5) is 11.4 Å². The van der Waals surface area contributed by atoms with Gasteiger partial charge in [-0.05, 0) is 57.9 Å². The minimum absolute atomic E-state index is 0.711. The highest BCUT2D eigenvalue weighted by molar-refractivity contribution is 6.54. The molecular weight excluding hydrogens is 441 g/mol. The molecule has 6 aromatic carbocycles. The minimum atomic E-state index is -0.711. The first-order chi connectivity index (χ1) is 17.9. The van der Waals surface area contributed by atoms with Crippen molar-refractivity contribution >= 4 is 40.2 Å². The van der Waals surface area contributed by atoms with Crippen molar-refractivity contribution in [2.75, 3.05) is 4.81 Å². The van der Waals surface area contributed by atoms with E-state index in [0.717, 1.165) is 44.8 Å². The molecule has 0 saturated heterocycles. The quantitative estimate of drug-likeness (QED) is 0.247. The minimum Gasteiger partial charge on any atom is -0.506 e. The Hall–Kier alpha value is -4.70. The monoisotopic (exact) mass is 463 g/mol. The molecule has 36 heavy (non-hydrogen) atoms. The lowest BCUT2D eigenvalue weighted by Crippen LogP contribution is -2.46. The molecule has 3 nitrogen and oxygen atoms in total. The van der Waals surface area contributed by atoms with Gasteiger partial charge in [-0.1, -0.05) is 97.1 Å². The molecule has 0 atom stereocenters. The summed E-state index contributed by atoms with van der Waals surface area (Å²) < 4.78 is 13.5. The van der Waals surface area contributed by atoms with Crippen molar-refractivity contribution in [2.24, 2.45) is 0 Å². The number of hydrogen-bond acceptors (Lipinski definition) is 3. The molecule has 0 N–H and O–H groups in total. The molecule has 170 valence electrons. The van der Waals surface area contributed by atoms with Crippen molar-refractivity contribution in [3.63, 3.8) is 0 Å². The van der Waals surface area contributed by atoms with Crippen molar-refractivity contribution in [3.8, 4) is 22.6 Å². The molecular formula is C32H22BNO2. The average molecular weight is 463 g/mol. The molecule has 7 rings (SSSR count). The van der Waals surface area contributed by atoms with Crippen LogP contribution in [-0.4, -0.2) is 7.25 Å². The number of anilines is 2. The maximum absolute atomic E-state index is 6.77. The molecule has 1 heterocycles. The van der Waals surface area contributed by atoms with Crippen LogP contribution in [0, 0.1) is 0 Å². The molecule has 0 fully saturated rings. The topological polar surface area (TPSA) is 21.7 Å². The van der Waals surface area contributed by atoms with Gasteiger partial charge >= 0.3 is 7.25 Å². The van der Waals surface area contributed by atoms with Crippen LogP contribution in [0.5, 0.6) is 11.5 Å². The Kier molecular flexibility index (Phi) is 4.88. The number of rotatable bonds is 3. The van der Waals surface area contributed by atoms with Crippen LogP contribution in [0.1, 0.15) is 0 Å². The van der Waals surface area contributed by atoms with Gasteiger partial charge in [0.25, 0.3) is 0 Å². The molecule has 0 saturated carbocycles. The summed E-state index contributed by atoms with van der Waals surface area (Å²) in [6, 6.07) is 45.8. The zero-order valence-corrected chi connectivity index (χ0v) is 19.5. The van der Waals surface area contributed by atoms with Gasteiger partial charge in [0, 0.05) is 22.5 Å². The molecule has 1 aliphatic rings. The average Bonchev–Trinajstić information content (AvgIpc) is 3.11. The van der Waals surface area contributed by atoms with E-state index in [1.165, 1.54) is 10.8 Å². The van der Waals surface area contributed by atoms with Gasteiger partial charge in [0.2, 0.25) is 0 Å². The summed E-state index contributed by atoms with van der Waals surface area (Å²) in [5, 5.41) is 4.62. The van der Waals surface area contributed by atoms with Gasteiger partial charge in [0.1, 0.15) is 11.5 Å². The SMILES string of the molecule is c1ccc(N(B2Oc3ccc4ccccc4c3-c3c(ccc4ccccc34)O2)c2ccccc2)cc1. The number of fused-ring (bicyclic) bond motifs is 7. The number of nitrogens with zero attached hydrogens (tertiary/aromatic N) is 1. The fourth-order valence-corrected chi connectivity index (χ4v) is 5.13. The first kappa shape index (κ1) is 20.7. The van der Waals surface area contributed by atoms with Crippen molar-refractivity contribution < 1.29 is 9.31 Å². The third kappa shape index (κ3) is 3.38. The number of hydrogen-bond donors (Lipinski definition) is 0. The largest absolute Gasteiger partial charge is 0.743 e. The summed E-state index contributed by atoms with van der Waals surface area (Å²) in [6.45, 7) is 0. The first-order valence-corrected chi connectivity index (χ1v) is 12.1. The Morgan fingerprint density at radius 3 is 1.31 bits per heavy atom. The molecule has 0 spiro atoms. The first-order valence-electron chi connectivity index (χ1n) is 12.1. The van der Waals surface area contributed by atoms with Crippen LogP contribution in [0.25, 0.3) is 32.7 Å². The zero-order valence-electron chi connectivity index (χ0n) is 19.5. The van der Waals surface area contributed by atoms with E-state index in [1.807, 2.05) is 36.4 Å². The summed E-state index contributed by atoms with van der Waals surface area (Å²) in [4.78, 5) is 2.10. The fraction of sp³-hybridized carbons (Fsp3) is 0. The van der Waals surface area contributed by atoms with Gasteiger partial charge in [-0.2, -0.15) is 0 Å². The van der Waals surface area contributed by atoms with Crippen molar-refractivity contribution in [1.82, 2.24) is 0 Å². The summed E-state index contributed by atoms with van der Waals surface area (Å²) in [6.07, 6.45) is 0. The van der Waals surface area contributed by atoms with Crippen molar-refractivity contribution in [2.45, 2.75) is 0 Å². The number of para-hydroxylation sites is 2. The van der Waals surface area contributed by atoms with E-state index in [0.29, 0.717) is 0 Å². The maximum atomic E-state index is 6.77. The number of benzene rings is 6. The highest BCUT2D eigenvalue weighted by Gasteiger charge is 2.39. The van der Waals surface area contributed by atoms with Gasteiger partial charge in [0.15, 0.2) is 0 Å². The summed E-state index contributed by atoms with van der Waals surface area (Å²) in [7, 11) is -0.711. The summed E-state index contributed by atoms with van der Waals surface area (Å²) in [5.74, 6) is 1.59. The molecule has 0 aliphatic carbocycles. The van der Waals surface area contributed by atoms with E-state index in [-0.39, 0.29) is 0 Å². The third-order valence-corrected chi connectivity index (χ3v) is 6.77. The molecule has 0 unspecified atom stereocenters. The van der Waals surface area contributed by atoms with E-state index in [1.54, 1.807) is 0 Å². The Balaban J connectivity index is 1.51. The third-order valence-electron chi connectivity index (χ3n) is 6.77. The highest BCUT2D eigenvalue weighted by atomic mass is 16.6. The van der Waals surface area contributed by atoms with Gasteiger partial charge in [-0.25, -0.2) is 0 Å². The Labute approximate surface area is 210 Å². The van der Waals surface area contributed by atoms with Crippen molar-refractivity contribution in [3.05, 3.63) is 133 Å². The van der Waals surface area contributed by atoms with E-state index in [2.05, 4.69) is 102 Å². The second-order valence-electron chi connectivity index (χ2n) is 8.90. The highest BCUT2D eigenvalue weighted by Crippen LogP contribution is 2.48. The lowest BCUT2D eigenvalue weighted by Gasteiger charge is -2.28. The lowest BCUT2D eigenvalue weighted by molar-refractivity contribution is 0.431. The van der Waals surface area contributed by atoms with Crippen LogP contribution >= 0.6 is 0 Å². The van der Waals surface area contributed by atoms with Crippen LogP contribution < -0.4 is 14.1 Å². The molecule has 4 heteroatoms. The van der Waals surface area contributed by atoms with Gasteiger partial charge < -0.3 is 14.1 Å². The van der Waals surface area contributed by atoms with E-state index < -0.39 is 7.25 Å². The molecule has 6 aromatic rings. The zero-order chi connectivity index (χ0) is 23.9. The van der Waals surface area contributed by atoms with Crippen LogP contribution in [0.2, 0.25) is 0 Å². The predicted molar refractivity (Wildman–Crippen MR) is 149 cm³/mol. The molecule has 0 amide bonds. The van der Waals surface area contributed by atoms with E-state index in [9.17, 15) is 0 Å². The Bertz CT molecular complexity index is 1580. The fourth-order valence-electron chi connectivity index (χ4n) is 5.13. The van der Waals surface area contributed by atoms with Crippen LogP contribution in [-0.2, 0) is 0 Å². The second-order valence-corrected chi connectivity index (χ2v) is 8.90. The summed E-state index contributed by atoms with van der Waals surface area (Å²) >= 11 is 0. The van der Waals surface area contributed by atoms with Crippen LogP contribution in [0.15, 0.2) is 133 Å². The molecule has 0 radical (unpaired) electrons. The smallest absolute Gasteiger partial charge is 0.506 e. The Morgan fingerprint density at radius 2 is 0.833 bits per heavy atom. The van der Waals surface area contributed by atoms with Crippen molar-refractivity contribution in [1.29, 1.82) is 0 Å². The maximum Gasteiger partial charge on any atom is 0.743 e. The van der Waals surface area contributed by atoms with Gasteiger partial charge in [-0.3, -0.25) is 0 Å². The standard InChI is InChI=1S/C32H22BNO2/c1-3-13-25(14-4-1)34(26-15-5-2-6-16-26)33-35-29-21-19-23-11-7-9-17-27(23)31(29)32-28-18-10-8-12-24(28)20-22-30(32)36-33/h1-22H. The predicted octanol–water partition coefficient (Wildman–Crippen LogP) is 8.25. The van der Waals surface area contributed by atoms with E-state index >= 15 is 0 Å². The van der Waals surface area contributed by atoms with Crippen LogP contribution in [0.3, 0.4) is 0 Å². The van der Waals surface area contributed by atoms with E-state index in [4.69, 9.17) is 9.31 Å². The Morgan fingerprint density at radius 1 is 0.417 bits per heavy atom. The molecule has 1 aliphatic heterocycles. The van der Waals surface area contributed by atoms with Gasteiger partial charge in [0.05, 0.1) is 0 Å². The normalized spacial score (nSPS) is 12.3. The second kappa shape index (κ2) is 8.51. The lowest BCUT2D eigenvalue weighted by atomic mass is 9.92. The molecule has 0 aromatic heterocycles. The molecule has 0 bridgehead atoms. The van der Waals surface area contributed by atoms with Gasteiger partial charge in [-0.15, -0.1) is 0 Å².